The van der Waals surface area contributed by atoms with Crippen molar-refractivity contribution < 1.29 is 13.5 Å². The van der Waals surface area contributed by atoms with Crippen LogP contribution in [0.4, 0.5) is 0 Å². The molecule has 0 saturated carbocycles. The lowest BCUT2D eigenvalue weighted by atomic mass is 9.79. The van der Waals surface area contributed by atoms with E-state index in [4.69, 9.17) is 0 Å². The Balaban J connectivity index is 2.16. The van der Waals surface area contributed by atoms with Gasteiger partial charge in [0.05, 0.1) is 5.60 Å². The van der Waals surface area contributed by atoms with Crippen molar-refractivity contribution in [2.24, 2.45) is 5.41 Å². The molecule has 1 aliphatic rings. The standard InChI is InChI=1S/C15H24N2O3S/c1-14(2)11-17(12-15(14,3)18)21(19,20)16(4)10-13-8-6-5-7-9-13/h5-9,18H,10-12H2,1-4H3/t15-/m1/s1. The van der Waals surface area contributed by atoms with Crippen LogP contribution < -0.4 is 0 Å². The second kappa shape index (κ2) is 5.35. The minimum Gasteiger partial charge on any atom is -0.388 e. The van der Waals surface area contributed by atoms with Crippen LogP contribution in [0.25, 0.3) is 0 Å². The Morgan fingerprint density at radius 1 is 1.19 bits per heavy atom. The molecular weight excluding hydrogens is 288 g/mol. The largest absolute Gasteiger partial charge is 0.388 e. The molecule has 2 rings (SSSR count). The Hall–Kier alpha value is -0.950. The molecule has 0 aliphatic carbocycles. The summed E-state index contributed by atoms with van der Waals surface area (Å²) in [5.41, 5.74) is -0.546. The first-order valence-electron chi connectivity index (χ1n) is 7.04. The molecule has 0 radical (unpaired) electrons. The SMILES string of the molecule is CN(Cc1ccccc1)S(=O)(=O)N1CC(C)(C)[C@](C)(O)C1. The monoisotopic (exact) mass is 312 g/mol. The van der Waals surface area contributed by atoms with E-state index in [-0.39, 0.29) is 6.54 Å². The van der Waals surface area contributed by atoms with Crippen LogP contribution in [-0.4, -0.2) is 47.9 Å². The third-order valence-corrected chi connectivity index (χ3v) is 6.31. The van der Waals surface area contributed by atoms with Crippen LogP contribution in [0.15, 0.2) is 30.3 Å². The summed E-state index contributed by atoms with van der Waals surface area (Å²) in [6.45, 7) is 6.24. The third kappa shape index (κ3) is 3.13. The maximum Gasteiger partial charge on any atom is 0.282 e. The summed E-state index contributed by atoms with van der Waals surface area (Å²) in [5, 5.41) is 10.4. The van der Waals surface area contributed by atoms with E-state index in [0.29, 0.717) is 13.1 Å². The van der Waals surface area contributed by atoms with Gasteiger partial charge in [0.2, 0.25) is 0 Å². The third-order valence-electron chi connectivity index (χ3n) is 4.48. The normalized spacial score (nSPS) is 26.4. The van der Waals surface area contributed by atoms with Crippen molar-refractivity contribution in [1.29, 1.82) is 0 Å². The zero-order valence-corrected chi connectivity index (χ0v) is 13.9. The molecule has 0 unspecified atom stereocenters. The van der Waals surface area contributed by atoms with E-state index in [1.54, 1.807) is 14.0 Å². The molecule has 0 amide bonds. The van der Waals surface area contributed by atoms with Crippen LogP contribution in [0, 0.1) is 5.41 Å². The second-order valence-electron chi connectivity index (χ2n) is 6.68. The predicted molar refractivity (Wildman–Crippen MR) is 82.8 cm³/mol. The summed E-state index contributed by atoms with van der Waals surface area (Å²) in [5.74, 6) is 0. The molecule has 1 heterocycles. The molecule has 1 aliphatic heterocycles. The van der Waals surface area contributed by atoms with Gasteiger partial charge in [-0.05, 0) is 12.5 Å². The highest BCUT2D eigenvalue weighted by Crippen LogP contribution is 2.40. The van der Waals surface area contributed by atoms with Gasteiger partial charge in [-0.3, -0.25) is 0 Å². The maximum absolute atomic E-state index is 12.7. The summed E-state index contributed by atoms with van der Waals surface area (Å²) in [6, 6.07) is 9.48. The zero-order valence-electron chi connectivity index (χ0n) is 13.1. The Morgan fingerprint density at radius 2 is 1.76 bits per heavy atom. The van der Waals surface area contributed by atoms with Crippen molar-refractivity contribution in [3.05, 3.63) is 35.9 Å². The first-order valence-corrected chi connectivity index (χ1v) is 8.44. The number of aliphatic hydroxyl groups is 1. The number of rotatable bonds is 4. The molecule has 1 saturated heterocycles. The van der Waals surface area contributed by atoms with Crippen LogP contribution in [0.3, 0.4) is 0 Å². The van der Waals surface area contributed by atoms with Gasteiger partial charge < -0.3 is 5.11 Å². The van der Waals surface area contributed by atoms with E-state index in [0.717, 1.165) is 5.56 Å². The van der Waals surface area contributed by atoms with Crippen molar-refractivity contribution in [2.75, 3.05) is 20.1 Å². The fraction of sp³-hybridized carbons (Fsp3) is 0.600. The average molecular weight is 312 g/mol. The predicted octanol–water partition coefficient (Wildman–Crippen LogP) is 1.46. The fourth-order valence-electron chi connectivity index (χ4n) is 2.51. The Labute approximate surface area is 127 Å². The second-order valence-corrected chi connectivity index (χ2v) is 8.71. The molecule has 0 spiro atoms. The molecule has 1 atom stereocenters. The first-order chi connectivity index (χ1) is 9.56. The van der Waals surface area contributed by atoms with Crippen LogP contribution in [0.2, 0.25) is 0 Å². The molecule has 1 fully saturated rings. The van der Waals surface area contributed by atoms with Gasteiger partial charge >= 0.3 is 0 Å². The highest BCUT2D eigenvalue weighted by Gasteiger charge is 2.51. The van der Waals surface area contributed by atoms with Crippen LogP contribution in [0.1, 0.15) is 26.3 Å². The van der Waals surface area contributed by atoms with Gasteiger partial charge in [-0.15, -0.1) is 0 Å². The van der Waals surface area contributed by atoms with Crippen LogP contribution >= 0.6 is 0 Å². The lowest BCUT2D eigenvalue weighted by Gasteiger charge is -2.31. The van der Waals surface area contributed by atoms with Gasteiger partial charge in [0.15, 0.2) is 0 Å². The van der Waals surface area contributed by atoms with Crippen molar-refractivity contribution in [1.82, 2.24) is 8.61 Å². The molecule has 0 bridgehead atoms. The highest BCUT2D eigenvalue weighted by molar-refractivity contribution is 7.86. The van der Waals surface area contributed by atoms with Gasteiger partial charge in [0.1, 0.15) is 0 Å². The molecule has 1 aromatic carbocycles. The maximum atomic E-state index is 12.7. The smallest absolute Gasteiger partial charge is 0.282 e. The number of β-amino-alcohol motifs (C(OH)–C–C–N with tert-alkyl or cyclic N) is 1. The summed E-state index contributed by atoms with van der Waals surface area (Å²) in [4.78, 5) is 0. The minimum atomic E-state index is -3.57. The van der Waals surface area contributed by atoms with E-state index in [1.165, 1.54) is 8.61 Å². The zero-order chi connectivity index (χ0) is 15.9. The van der Waals surface area contributed by atoms with Gasteiger partial charge in [-0.1, -0.05) is 44.2 Å². The minimum absolute atomic E-state index is 0.126. The quantitative estimate of drug-likeness (QED) is 0.915. The number of benzene rings is 1. The van der Waals surface area contributed by atoms with Crippen LogP contribution in [-0.2, 0) is 16.8 Å². The van der Waals surface area contributed by atoms with Crippen LogP contribution in [0.5, 0.6) is 0 Å². The van der Waals surface area contributed by atoms with Crippen molar-refractivity contribution in [3.63, 3.8) is 0 Å². The van der Waals surface area contributed by atoms with E-state index in [1.807, 2.05) is 44.2 Å². The van der Waals surface area contributed by atoms with Gasteiger partial charge in [0, 0.05) is 32.1 Å². The summed E-state index contributed by atoms with van der Waals surface area (Å²) in [6.07, 6.45) is 0. The van der Waals surface area contributed by atoms with E-state index in [9.17, 15) is 13.5 Å². The Kier molecular flexibility index (Phi) is 4.19. The number of hydrogen-bond acceptors (Lipinski definition) is 3. The lowest BCUT2D eigenvalue weighted by molar-refractivity contribution is -0.0101. The topological polar surface area (TPSA) is 60.9 Å². The van der Waals surface area contributed by atoms with Gasteiger partial charge in [0.25, 0.3) is 10.2 Å². The summed E-state index contributed by atoms with van der Waals surface area (Å²) < 4.78 is 28.0. The van der Waals surface area contributed by atoms with E-state index < -0.39 is 21.2 Å². The molecule has 1 aromatic rings. The Bertz CT molecular complexity index is 581. The lowest BCUT2D eigenvalue weighted by Crippen LogP contribution is -2.42. The molecule has 0 aromatic heterocycles. The number of nitrogens with zero attached hydrogens (tertiary/aromatic N) is 2. The van der Waals surface area contributed by atoms with E-state index >= 15 is 0 Å². The van der Waals surface area contributed by atoms with Crippen molar-refractivity contribution in [3.8, 4) is 0 Å². The van der Waals surface area contributed by atoms with Crippen molar-refractivity contribution >= 4 is 10.2 Å². The molecule has 5 nitrogen and oxygen atoms in total. The fourth-order valence-corrected chi connectivity index (χ4v) is 4.11. The summed E-state index contributed by atoms with van der Waals surface area (Å²) >= 11 is 0. The summed E-state index contributed by atoms with van der Waals surface area (Å²) in [7, 11) is -2.00. The molecule has 6 heteroatoms. The number of hydrogen-bond donors (Lipinski definition) is 1. The molecule has 21 heavy (non-hydrogen) atoms. The highest BCUT2D eigenvalue weighted by atomic mass is 32.2. The van der Waals surface area contributed by atoms with Gasteiger partial charge in [-0.25, -0.2) is 0 Å². The van der Waals surface area contributed by atoms with E-state index in [2.05, 4.69) is 0 Å². The Morgan fingerprint density at radius 3 is 2.24 bits per heavy atom. The molecular formula is C15H24N2O3S. The van der Waals surface area contributed by atoms with Gasteiger partial charge in [-0.2, -0.15) is 17.0 Å². The van der Waals surface area contributed by atoms with Crippen molar-refractivity contribution in [2.45, 2.75) is 32.9 Å². The average Bonchev–Trinajstić information content (AvgIpc) is 2.60. The molecule has 1 N–H and O–H groups in total. The first kappa shape index (κ1) is 16.4. The molecule has 118 valence electrons.